The average Bonchev–Trinajstić information content (AvgIpc) is 3.42. The molecule has 4 rings (SSSR count). The van der Waals surface area contributed by atoms with Crippen LogP contribution in [0.1, 0.15) is 11.1 Å². The van der Waals surface area contributed by atoms with Crippen molar-refractivity contribution in [1.29, 1.82) is 0 Å². The summed E-state index contributed by atoms with van der Waals surface area (Å²) in [5.41, 5.74) is 1.78. The van der Waals surface area contributed by atoms with Crippen molar-refractivity contribution in [1.82, 2.24) is 30.0 Å². The lowest BCUT2D eigenvalue weighted by atomic mass is 10.2. The minimum absolute atomic E-state index is 0.305. The zero-order chi connectivity index (χ0) is 24.0. The molecule has 0 amide bonds. The van der Waals surface area contributed by atoms with E-state index in [2.05, 4.69) is 25.1 Å². The number of alkyl halides is 3. The van der Waals surface area contributed by atoms with E-state index in [0.29, 0.717) is 13.1 Å². The molecule has 0 aliphatic rings. The summed E-state index contributed by atoms with van der Waals surface area (Å²) in [7, 11) is -4.85. The van der Waals surface area contributed by atoms with Gasteiger partial charge >= 0.3 is 14.0 Å². The molecule has 0 atom stereocenters. The highest BCUT2D eigenvalue weighted by Crippen LogP contribution is 2.49. The number of phosphoric ester groups is 1. The number of rotatable bonds is 10. The van der Waals surface area contributed by atoms with Crippen LogP contribution >= 0.6 is 7.82 Å². The van der Waals surface area contributed by atoms with Gasteiger partial charge in [-0.1, -0.05) is 81.3 Å². The second-order valence-electron chi connectivity index (χ2n) is 7.00. The quantitative estimate of drug-likeness (QED) is 0.303. The van der Waals surface area contributed by atoms with Gasteiger partial charge in [-0.25, -0.2) is 13.9 Å². The van der Waals surface area contributed by atoms with Crippen LogP contribution in [0.25, 0.3) is 0 Å². The van der Waals surface area contributed by atoms with E-state index in [0.717, 1.165) is 11.1 Å². The number of hydrogen-bond donors (Lipinski definition) is 0. The van der Waals surface area contributed by atoms with Crippen LogP contribution in [0.2, 0.25) is 0 Å². The minimum Gasteiger partial charge on any atom is -0.373 e. The largest absolute Gasteiger partial charge is 0.590 e. The molecule has 2 heterocycles. The average molecular weight is 494 g/mol. The van der Waals surface area contributed by atoms with E-state index in [1.54, 1.807) is 0 Å². The molecule has 0 aliphatic carbocycles. The number of nitrogens with zero attached hydrogens (tertiary/aromatic N) is 6. The molecular formula is C20H18F3N6O4P. The van der Waals surface area contributed by atoms with E-state index >= 15 is 0 Å². The Morgan fingerprint density at radius 3 is 1.62 bits per heavy atom. The zero-order valence-electron chi connectivity index (χ0n) is 17.4. The van der Waals surface area contributed by atoms with Crippen molar-refractivity contribution in [2.45, 2.75) is 19.3 Å². The molecule has 0 bridgehead atoms. The van der Waals surface area contributed by atoms with E-state index < -0.39 is 20.6 Å². The van der Waals surface area contributed by atoms with E-state index in [-0.39, 0.29) is 11.8 Å². The number of hydrogen-bond acceptors (Lipinski definition) is 8. The SMILES string of the molecule is O=P(OCC(F)(F)F)(Oc1cn(Cc2ccccc2)nn1)Oc1cn(Cc2ccccc2)nn1. The van der Waals surface area contributed by atoms with Crippen molar-refractivity contribution in [2.75, 3.05) is 6.61 Å². The molecule has 0 spiro atoms. The lowest BCUT2D eigenvalue weighted by Crippen LogP contribution is -2.18. The molecule has 178 valence electrons. The third kappa shape index (κ3) is 6.90. The van der Waals surface area contributed by atoms with Gasteiger partial charge in [-0.3, -0.25) is 4.52 Å². The van der Waals surface area contributed by atoms with E-state index in [9.17, 15) is 17.7 Å². The lowest BCUT2D eigenvalue weighted by Gasteiger charge is -2.16. The van der Waals surface area contributed by atoms with Gasteiger partial charge in [0.25, 0.3) is 11.8 Å². The maximum atomic E-state index is 13.0. The lowest BCUT2D eigenvalue weighted by molar-refractivity contribution is -0.156. The van der Waals surface area contributed by atoms with Crippen LogP contribution in [0.4, 0.5) is 13.2 Å². The van der Waals surface area contributed by atoms with Crippen LogP contribution in [0.15, 0.2) is 73.1 Å². The van der Waals surface area contributed by atoms with Gasteiger partial charge in [0.2, 0.25) is 0 Å². The fraction of sp³-hybridized carbons (Fsp3) is 0.200. The predicted molar refractivity (Wildman–Crippen MR) is 112 cm³/mol. The van der Waals surface area contributed by atoms with Crippen LogP contribution in [0.5, 0.6) is 11.8 Å². The Balaban J connectivity index is 1.47. The first-order chi connectivity index (χ1) is 16.3. The molecule has 0 fully saturated rings. The summed E-state index contributed by atoms with van der Waals surface area (Å²) < 4.78 is 68.6. The van der Waals surface area contributed by atoms with Crippen LogP contribution in [0.3, 0.4) is 0 Å². The highest BCUT2D eigenvalue weighted by molar-refractivity contribution is 7.49. The molecule has 14 heteroatoms. The van der Waals surface area contributed by atoms with Crippen LogP contribution in [-0.2, 0) is 22.2 Å². The van der Waals surface area contributed by atoms with Gasteiger partial charge < -0.3 is 9.05 Å². The van der Waals surface area contributed by atoms with Gasteiger partial charge in [-0.2, -0.15) is 13.2 Å². The van der Waals surface area contributed by atoms with Crippen molar-refractivity contribution in [2.24, 2.45) is 0 Å². The topological polar surface area (TPSA) is 106 Å². The molecule has 0 N–H and O–H groups in total. The van der Waals surface area contributed by atoms with Crippen molar-refractivity contribution in [3.05, 3.63) is 84.2 Å². The number of aromatic nitrogens is 6. The van der Waals surface area contributed by atoms with Gasteiger partial charge in [-0.05, 0) is 11.1 Å². The molecule has 2 aromatic carbocycles. The van der Waals surface area contributed by atoms with Gasteiger partial charge in [0.1, 0.15) is 0 Å². The monoisotopic (exact) mass is 494 g/mol. The van der Waals surface area contributed by atoms with Crippen molar-refractivity contribution >= 4 is 7.82 Å². The molecule has 34 heavy (non-hydrogen) atoms. The third-order valence-electron chi connectivity index (χ3n) is 4.21. The molecule has 0 saturated carbocycles. The van der Waals surface area contributed by atoms with E-state index in [1.165, 1.54) is 21.8 Å². The molecule has 10 nitrogen and oxygen atoms in total. The van der Waals surface area contributed by atoms with Crippen LogP contribution in [-0.4, -0.2) is 42.8 Å². The molecule has 0 saturated heterocycles. The summed E-state index contributed by atoms with van der Waals surface area (Å²) >= 11 is 0. The number of phosphoric acid groups is 1. The summed E-state index contributed by atoms with van der Waals surface area (Å²) in [5.74, 6) is -0.698. The first kappa shape index (κ1) is 23.5. The summed E-state index contributed by atoms with van der Waals surface area (Å²) in [6.45, 7) is -1.26. The second kappa shape index (κ2) is 10.1. The minimum atomic E-state index is -4.85. The number of benzene rings is 2. The predicted octanol–water partition coefficient (Wildman–Crippen LogP) is 4.11. The Hall–Kier alpha value is -3.70. The smallest absolute Gasteiger partial charge is 0.373 e. The summed E-state index contributed by atoms with van der Waals surface area (Å²) in [4.78, 5) is 0. The summed E-state index contributed by atoms with van der Waals surface area (Å²) in [6.07, 6.45) is -2.27. The highest BCUT2D eigenvalue weighted by Gasteiger charge is 2.39. The van der Waals surface area contributed by atoms with Gasteiger partial charge in [-0.15, -0.1) is 0 Å². The van der Waals surface area contributed by atoms with Crippen LogP contribution < -0.4 is 9.05 Å². The fourth-order valence-electron chi connectivity index (χ4n) is 2.79. The number of halogens is 3. The van der Waals surface area contributed by atoms with Gasteiger partial charge in [0.05, 0.1) is 25.5 Å². The standard InChI is InChI=1S/C20H18F3N6O4P/c21-20(22,23)15-31-34(30,32-18-13-28(26-24-18)11-16-7-3-1-4-8-16)33-19-14-29(27-25-19)12-17-9-5-2-6-10-17/h1-10,13-14H,11-12,15H2. The van der Waals surface area contributed by atoms with Crippen molar-refractivity contribution in [3.63, 3.8) is 0 Å². The maximum absolute atomic E-state index is 13.0. The summed E-state index contributed by atoms with van der Waals surface area (Å²) in [6, 6.07) is 18.4. The molecular weight excluding hydrogens is 476 g/mol. The maximum Gasteiger partial charge on any atom is 0.590 e. The van der Waals surface area contributed by atoms with Crippen molar-refractivity contribution in [3.8, 4) is 11.8 Å². The molecule has 0 radical (unpaired) electrons. The summed E-state index contributed by atoms with van der Waals surface area (Å²) in [5, 5.41) is 15.0. The second-order valence-corrected chi connectivity index (χ2v) is 8.52. The Labute approximate surface area is 191 Å². The molecule has 2 aromatic heterocycles. The van der Waals surface area contributed by atoms with Crippen molar-refractivity contribution < 1.29 is 31.3 Å². The third-order valence-corrected chi connectivity index (χ3v) is 5.47. The van der Waals surface area contributed by atoms with Gasteiger partial charge in [0.15, 0.2) is 6.61 Å². The first-order valence-corrected chi connectivity index (χ1v) is 11.3. The van der Waals surface area contributed by atoms with Crippen LogP contribution in [0, 0.1) is 0 Å². The normalized spacial score (nSPS) is 12.0. The van der Waals surface area contributed by atoms with Gasteiger partial charge in [0, 0.05) is 0 Å². The Morgan fingerprint density at radius 2 is 1.21 bits per heavy atom. The first-order valence-electron chi connectivity index (χ1n) is 9.85. The molecule has 0 aliphatic heterocycles. The molecule has 4 aromatic rings. The molecule has 0 unspecified atom stereocenters. The fourth-order valence-corrected chi connectivity index (χ4v) is 3.87. The van der Waals surface area contributed by atoms with E-state index in [1.807, 2.05) is 60.7 Å². The Bertz CT molecular complexity index is 1160. The zero-order valence-corrected chi connectivity index (χ0v) is 18.3. The highest BCUT2D eigenvalue weighted by atomic mass is 31.2. The Morgan fingerprint density at radius 1 is 0.765 bits per heavy atom. The Kier molecular flexibility index (Phi) is 6.94. The van der Waals surface area contributed by atoms with E-state index in [4.69, 9.17) is 9.05 Å².